The molecule has 1 atom stereocenters. The Morgan fingerprint density at radius 1 is 1.60 bits per heavy atom. The van der Waals surface area contributed by atoms with Crippen molar-refractivity contribution in [1.29, 1.82) is 5.26 Å². The van der Waals surface area contributed by atoms with Crippen molar-refractivity contribution in [2.24, 2.45) is 0 Å². The SMILES string of the molecule is CCC(CC#N)Nc1cc(Cl)ccc1Br. The van der Waals surface area contributed by atoms with E-state index >= 15 is 0 Å². The van der Waals surface area contributed by atoms with Gasteiger partial charge in [0.1, 0.15) is 0 Å². The molecule has 1 unspecified atom stereocenters. The summed E-state index contributed by atoms with van der Waals surface area (Å²) >= 11 is 9.33. The second-order valence-electron chi connectivity index (χ2n) is 3.24. The standard InChI is InChI=1S/C11H12BrClN2/c1-2-9(5-6-14)15-11-7-8(13)3-4-10(11)12/h3-4,7,9,15H,2,5H2,1H3. The van der Waals surface area contributed by atoms with Crippen LogP contribution in [0.1, 0.15) is 19.8 Å². The molecular formula is C11H12BrClN2. The molecule has 4 heteroatoms. The minimum atomic E-state index is 0.171. The second kappa shape index (κ2) is 5.99. The number of halogens is 2. The zero-order chi connectivity index (χ0) is 11.3. The first-order valence-corrected chi connectivity index (χ1v) is 5.93. The average molecular weight is 288 g/mol. The van der Waals surface area contributed by atoms with E-state index in [2.05, 4.69) is 27.3 Å². The number of nitrogens with zero attached hydrogens (tertiary/aromatic N) is 1. The fraction of sp³-hybridized carbons (Fsp3) is 0.364. The van der Waals surface area contributed by atoms with Crippen molar-refractivity contribution in [2.75, 3.05) is 5.32 Å². The summed E-state index contributed by atoms with van der Waals surface area (Å²) in [5.74, 6) is 0. The van der Waals surface area contributed by atoms with Gasteiger partial charge in [-0.2, -0.15) is 5.26 Å². The van der Waals surface area contributed by atoms with Crippen molar-refractivity contribution >= 4 is 33.2 Å². The van der Waals surface area contributed by atoms with E-state index in [4.69, 9.17) is 16.9 Å². The van der Waals surface area contributed by atoms with Gasteiger partial charge in [-0.1, -0.05) is 18.5 Å². The van der Waals surface area contributed by atoms with Crippen molar-refractivity contribution in [3.05, 3.63) is 27.7 Å². The molecule has 0 radical (unpaired) electrons. The molecule has 1 aromatic carbocycles. The molecule has 0 spiro atoms. The molecule has 2 nitrogen and oxygen atoms in total. The summed E-state index contributed by atoms with van der Waals surface area (Å²) in [6.07, 6.45) is 1.40. The first-order chi connectivity index (χ1) is 7.17. The number of benzene rings is 1. The summed E-state index contributed by atoms with van der Waals surface area (Å²) in [4.78, 5) is 0. The summed E-state index contributed by atoms with van der Waals surface area (Å²) in [6.45, 7) is 2.05. The predicted molar refractivity (Wildman–Crippen MR) is 67.1 cm³/mol. The number of nitriles is 1. The first-order valence-electron chi connectivity index (χ1n) is 4.76. The third-order valence-electron chi connectivity index (χ3n) is 2.12. The van der Waals surface area contributed by atoms with Crippen LogP contribution in [-0.4, -0.2) is 6.04 Å². The minimum Gasteiger partial charge on any atom is -0.380 e. The summed E-state index contributed by atoms with van der Waals surface area (Å²) in [5.41, 5.74) is 0.935. The van der Waals surface area contributed by atoms with Crippen molar-refractivity contribution in [3.63, 3.8) is 0 Å². The molecule has 0 aliphatic heterocycles. The molecule has 0 saturated heterocycles. The van der Waals surface area contributed by atoms with Gasteiger partial charge in [0.2, 0.25) is 0 Å². The fourth-order valence-electron chi connectivity index (χ4n) is 1.24. The molecule has 0 aromatic heterocycles. The van der Waals surface area contributed by atoms with Gasteiger partial charge in [-0.3, -0.25) is 0 Å². The molecule has 80 valence electrons. The maximum absolute atomic E-state index is 8.64. The quantitative estimate of drug-likeness (QED) is 0.900. The molecule has 1 rings (SSSR count). The zero-order valence-corrected chi connectivity index (χ0v) is 10.8. The van der Waals surface area contributed by atoms with E-state index in [-0.39, 0.29) is 6.04 Å². The Labute approximate surface area is 103 Å². The average Bonchev–Trinajstić information content (AvgIpc) is 2.22. The van der Waals surface area contributed by atoms with E-state index in [9.17, 15) is 0 Å². The lowest BCUT2D eigenvalue weighted by atomic mass is 10.1. The number of hydrogen-bond acceptors (Lipinski definition) is 2. The topological polar surface area (TPSA) is 35.8 Å². The number of nitrogens with one attached hydrogen (secondary N) is 1. The third kappa shape index (κ3) is 3.73. The van der Waals surface area contributed by atoms with Crippen LogP contribution in [0.4, 0.5) is 5.69 Å². The monoisotopic (exact) mass is 286 g/mol. The lowest BCUT2D eigenvalue weighted by molar-refractivity contribution is 0.711. The predicted octanol–water partition coefficient (Wildman–Crippen LogP) is 4.21. The van der Waals surface area contributed by atoms with Crippen molar-refractivity contribution in [1.82, 2.24) is 0 Å². The zero-order valence-electron chi connectivity index (χ0n) is 8.43. The van der Waals surface area contributed by atoms with Gasteiger partial charge in [0.15, 0.2) is 0 Å². The highest BCUT2D eigenvalue weighted by molar-refractivity contribution is 9.10. The largest absolute Gasteiger partial charge is 0.380 e. The lowest BCUT2D eigenvalue weighted by Crippen LogP contribution is -2.17. The van der Waals surface area contributed by atoms with Crippen LogP contribution in [0.2, 0.25) is 5.02 Å². The molecule has 0 heterocycles. The Morgan fingerprint density at radius 2 is 2.33 bits per heavy atom. The van der Waals surface area contributed by atoms with Crippen LogP contribution < -0.4 is 5.32 Å². The Bertz CT molecular complexity index is 373. The highest BCUT2D eigenvalue weighted by Gasteiger charge is 2.07. The highest BCUT2D eigenvalue weighted by Crippen LogP contribution is 2.27. The first kappa shape index (κ1) is 12.4. The van der Waals surface area contributed by atoms with E-state index in [1.165, 1.54) is 0 Å². The van der Waals surface area contributed by atoms with Gasteiger partial charge in [-0.25, -0.2) is 0 Å². The molecule has 0 aliphatic carbocycles. The van der Waals surface area contributed by atoms with Crippen molar-refractivity contribution < 1.29 is 0 Å². The van der Waals surface area contributed by atoms with Crippen LogP contribution in [0.3, 0.4) is 0 Å². The van der Waals surface area contributed by atoms with Gasteiger partial charge in [0, 0.05) is 15.5 Å². The summed E-state index contributed by atoms with van der Waals surface area (Å²) in [5, 5.41) is 12.6. The molecule has 0 fully saturated rings. The van der Waals surface area contributed by atoms with Crippen molar-refractivity contribution in [3.8, 4) is 6.07 Å². The number of anilines is 1. The van der Waals surface area contributed by atoms with Crippen LogP contribution >= 0.6 is 27.5 Å². The summed E-state index contributed by atoms with van der Waals surface area (Å²) < 4.78 is 0.961. The van der Waals surface area contributed by atoms with E-state index in [1.807, 2.05) is 25.1 Å². The highest BCUT2D eigenvalue weighted by atomic mass is 79.9. The second-order valence-corrected chi connectivity index (χ2v) is 4.53. The smallest absolute Gasteiger partial charge is 0.0643 e. The molecule has 0 bridgehead atoms. The van der Waals surface area contributed by atoms with Crippen LogP contribution in [0, 0.1) is 11.3 Å². The Hall–Kier alpha value is -0.720. The number of rotatable bonds is 4. The molecule has 1 aromatic rings. The maximum Gasteiger partial charge on any atom is 0.0643 e. The molecule has 0 aliphatic rings. The van der Waals surface area contributed by atoms with E-state index in [1.54, 1.807) is 0 Å². The van der Waals surface area contributed by atoms with E-state index in [0.29, 0.717) is 11.4 Å². The molecule has 15 heavy (non-hydrogen) atoms. The molecule has 0 saturated carbocycles. The van der Waals surface area contributed by atoms with E-state index in [0.717, 1.165) is 16.6 Å². The molecule has 1 N–H and O–H groups in total. The van der Waals surface area contributed by atoms with Crippen LogP contribution in [0.15, 0.2) is 22.7 Å². The Balaban J connectivity index is 2.78. The Morgan fingerprint density at radius 3 is 2.93 bits per heavy atom. The van der Waals surface area contributed by atoms with Gasteiger partial charge in [-0.05, 0) is 40.5 Å². The van der Waals surface area contributed by atoms with Gasteiger partial charge in [-0.15, -0.1) is 0 Å². The van der Waals surface area contributed by atoms with Gasteiger partial charge in [0.05, 0.1) is 18.2 Å². The lowest BCUT2D eigenvalue weighted by Gasteiger charge is -2.16. The van der Waals surface area contributed by atoms with Crippen LogP contribution in [0.25, 0.3) is 0 Å². The van der Waals surface area contributed by atoms with Gasteiger partial charge < -0.3 is 5.32 Å². The van der Waals surface area contributed by atoms with Gasteiger partial charge >= 0.3 is 0 Å². The summed E-state index contributed by atoms with van der Waals surface area (Å²) in [6, 6.07) is 7.90. The molecular weight excluding hydrogens is 275 g/mol. The van der Waals surface area contributed by atoms with E-state index < -0.39 is 0 Å². The van der Waals surface area contributed by atoms with Gasteiger partial charge in [0.25, 0.3) is 0 Å². The normalized spacial score (nSPS) is 11.9. The van der Waals surface area contributed by atoms with Crippen LogP contribution in [-0.2, 0) is 0 Å². The maximum atomic E-state index is 8.64. The molecule has 0 amide bonds. The Kier molecular flexibility index (Phi) is 4.93. The third-order valence-corrected chi connectivity index (χ3v) is 3.05. The van der Waals surface area contributed by atoms with Crippen molar-refractivity contribution in [2.45, 2.75) is 25.8 Å². The minimum absolute atomic E-state index is 0.171. The number of hydrogen-bond donors (Lipinski definition) is 1. The fourth-order valence-corrected chi connectivity index (χ4v) is 1.77. The van der Waals surface area contributed by atoms with Crippen LogP contribution in [0.5, 0.6) is 0 Å². The summed E-state index contributed by atoms with van der Waals surface area (Å²) in [7, 11) is 0.